The van der Waals surface area contributed by atoms with E-state index in [1.807, 2.05) is 0 Å². The van der Waals surface area contributed by atoms with E-state index < -0.39 is 12.2 Å². The van der Waals surface area contributed by atoms with Crippen molar-refractivity contribution in [1.82, 2.24) is 0 Å². The molecule has 0 aromatic heterocycles. The highest BCUT2D eigenvalue weighted by molar-refractivity contribution is 5.87. The Morgan fingerprint density at radius 2 is 2.31 bits per heavy atom. The first-order valence-corrected chi connectivity index (χ1v) is 3.85. The van der Waals surface area contributed by atoms with E-state index in [1.165, 1.54) is 12.1 Å². The highest BCUT2D eigenvalue weighted by Gasteiger charge is 2.04. The Balaban J connectivity index is 2.85. The molecule has 1 aromatic carbocycles. The van der Waals surface area contributed by atoms with Gasteiger partial charge in [0.05, 0.1) is 5.56 Å². The molecule has 1 atom stereocenters. The lowest BCUT2D eigenvalue weighted by Gasteiger charge is -2.09. The van der Waals surface area contributed by atoms with Crippen LogP contribution < -0.4 is 10.5 Å². The summed E-state index contributed by atoms with van der Waals surface area (Å²) in [5.74, 6) is -0.509. The number of benzene rings is 1. The van der Waals surface area contributed by atoms with Crippen molar-refractivity contribution in [2.45, 2.75) is 13.2 Å². The maximum atomic E-state index is 10.6. The lowest BCUT2D eigenvalue weighted by Crippen LogP contribution is -2.22. The molecule has 1 rings (SSSR count). The molecule has 0 aliphatic rings. The van der Waals surface area contributed by atoms with Crippen LogP contribution in [0, 0.1) is 0 Å². The molecule has 0 heterocycles. The van der Waals surface area contributed by atoms with Crippen molar-refractivity contribution in [3.05, 3.63) is 29.8 Å². The third kappa shape index (κ3) is 2.76. The van der Waals surface area contributed by atoms with E-state index >= 15 is 0 Å². The minimum absolute atomic E-state index is 0.193. The number of rotatable bonds is 3. The van der Waals surface area contributed by atoms with E-state index in [1.54, 1.807) is 19.1 Å². The Morgan fingerprint density at radius 1 is 1.62 bits per heavy atom. The van der Waals surface area contributed by atoms with Crippen molar-refractivity contribution in [3.63, 3.8) is 0 Å². The van der Waals surface area contributed by atoms with Gasteiger partial charge in [0.15, 0.2) is 0 Å². The number of aromatic carboxylic acids is 1. The zero-order valence-electron chi connectivity index (χ0n) is 7.23. The smallest absolute Gasteiger partial charge is 0.335 e. The van der Waals surface area contributed by atoms with Crippen LogP contribution in [-0.4, -0.2) is 17.3 Å². The van der Waals surface area contributed by atoms with Crippen molar-refractivity contribution in [1.29, 1.82) is 0 Å². The van der Waals surface area contributed by atoms with Gasteiger partial charge in [-0.05, 0) is 25.1 Å². The first-order chi connectivity index (χ1) is 6.09. The maximum absolute atomic E-state index is 10.6. The van der Waals surface area contributed by atoms with E-state index in [-0.39, 0.29) is 5.56 Å². The Labute approximate surface area is 75.9 Å². The molecule has 0 bridgehead atoms. The van der Waals surface area contributed by atoms with Gasteiger partial charge in [-0.2, -0.15) is 0 Å². The van der Waals surface area contributed by atoms with Crippen molar-refractivity contribution < 1.29 is 14.6 Å². The van der Waals surface area contributed by atoms with Gasteiger partial charge in [-0.1, -0.05) is 6.07 Å². The Morgan fingerprint density at radius 3 is 2.85 bits per heavy atom. The summed E-state index contributed by atoms with van der Waals surface area (Å²) in [4.78, 5) is 10.6. The first-order valence-electron chi connectivity index (χ1n) is 3.85. The first kappa shape index (κ1) is 9.54. The van der Waals surface area contributed by atoms with Gasteiger partial charge in [-0.25, -0.2) is 4.79 Å². The lowest BCUT2D eigenvalue weighted by atomic mass is 10.2. The molecule has 0 fully saturated rings. The van der Waals surface area contributed by atoms with Crippen molar-refractivity contribution in [2.75, 3.05) is 0 Å². The average molecular weight is 181 g/mol. The molecular weight excluding hydrogens is 170 g/mol. The molecule has 4 nitrogen and oxygen atoms in total. The fourth-order valence-electron chi connectivity index (χ4n) is 0.917. The Kier molecular flexibility index (Phi) is 2.87. The van der Waals surface area contributed by atoms with E-state index in [2.05, 4.69) is 0 Å². The largest absolute Gasteiger partial charge is 0.478 e. The van der Waals surface area contributed by atoms with Gasteiger partial charge in [-0.3, -0.25) is 5.73 Å². The van der Waals surface area contributed by atoms with Gasteiger partial charge in [0.2, 0.25) is 0 Å². The second-order valence-electron chi connectivity index (χ2n) is 2.66. The van der Waals surface area contributed by atoms with E-state index in [0.717, 1.165) is 0 Å². The maximum Gasteiger partial charge on any atom is 0.335 e. The van der Waals surface area contributed by atoms with E-state index in [0.29, 0.717) is 5.75 Å². The molecule has 0 radical (unpaired) electrons. The standard InChI is InChI=1S/C9H11NO3/c1-6(10)13-8-4-2-3-7(5-8)9(11)12/h2-6H,10H2,1H3,(H,11,12)/t6-/m0/s1. The van der Waals surface area contributed by atoms with Crippen LogP contribution in [0.15, 0.2) is 24.3 Å². The van der Waals surface area contributed by atoms with Crippen molar-refractivity contribution >= 4 is 5.97 Å². The van der Waals surface area contributed by atoms with Crippen LogP contribution in [0.3, 0.4) is 0 Å². The topological polar surface area (TPSA) is 72.5 Å². The molecule has 0 saturated carbocycles. The quantitative estimate of drug-likeness (QED) is 0.684. The molecule has 0 unspecified atom stereocenters. The van der Waals surface area contributed by atoms with Gasteiger partial charge >= 0.3 is 5.97 Å². The molecule has 0 amide bonds. The monoisotopic (exact) mass is 181 g/mol. The second kappa shape index (κ2) is 3.91. The van der Waals surface area contributed by atoms with Crippen molar-refractivity contribution in [2.24, 2.45) is 5.73 Å². The predicted molar refractivity (Wildman–Crippen MR) is 47.7 cm³/mol. The van der Waals surface area contributed by atoms with Gasteiger partial charge in [0.1, 0.15) is 12.0 Å². The van der Waals surface area contributed by atoms with Crippen LogP contribution in [0.5, 0.6) is 5.75 Å². The van der Waals surface area contributed by atoms with Gasteiger partial charge in [0, 0.05) is 0 Å². The number of carbonyl (C=O) groups is 1. The summed E-state index contributed by atoms with van der Waals surface area (Å²) in [5.41, 5.74) is 5.57. The molecule has 3 N–H and O–H groups in total. The number of ether oxygens (including phenoxy) is 1. The average Bonchev–Trinajstić information content (AvgIpc) is 2.03. The summed E-state index contributed by atoms with van der Waals surface area (Å²) in [6, 6.07) is 6.21. The number of carboxylic acids is 1. The summed E-state index contributed by atoms with van der Waals surface area (Å²) in [6.45, 7) is 1.67. The van der Waals surface area contributed by atoms with Gasteiger partial charge < -0.3 is 9.84 Å². The summed E-state index contributed by atoms with van der Waals surface area (Å²) in [6.07, 6.45) is -0.441. The number of carboxylic acid groups (broad SMARTS) is 1. The highest BCUT2D eigenvalue weighted by atomic mass is 16.5. The normalized spacial score (nSPS) is 12.2. The number of hydrogen-bond donors (Lipinski definition) is 2. The van der Waals surface area contributed by atoms with Gasteiger partial charge in [-0.15, -0.1) is 0 Å². The molecule has 13 heavy (non-hydrogen) atoms. The third-order valence-electron chi connectivity index (χ3n) is 1.40. The Hall–Kier alpha value is -1.55. The third-order valence-corrected chi connectivity index (χ3v) is 1.40. The highest BCUT2D eigenvalue weighted by Crippen LogP contribution is 2.13. The summed E-state index contributed by atoms with van der Waals surface area (Å²) in [7, 11) is 0. The molecule has 1 aromatic rings. The van der Waals surface area contributed by atoms with E-state index in [9.17, 15) is 4.79 Å². The number of nitrogens with two attached hydrogens (primary N) is 1. The van der Waals surface area contributed by atoms with Crippen LogP contribution in [0.4, 0.5) is 0 Å². The fourth-order valence-corrected chi connectivity index (χ4v) is 0.917. The Bertz CT molecular complexity index is 309. The molecule has 0 aliphatic heterocycles. The zero-order chi connectivity index (χ0) is 9.84. The molecular formula is C9H11NO3. The summed E-state index contributed by atoms with van der Waals surface area (Å²) >= 11 is 0. The second-order valence-corrected chi connectivity index (χ2v) is 2.66. The minimum Gasteiger partial charge on any atom is -0.478 e. The lowest BCUT2D eigenvalue weighted by molar-refractivity contribution is 0.0696. The fraction of sp³-hybridized carbons (Fsp3) is 0.222. The van der Waals surface area contributed by atoms with Gasteiger partial charge in [0.25, 0.3) is 0 Å². The molecule has 0 aliphatic carbocycles. The van der Waals surface area contributed by atoms with Crippen LogP contribution in [-0.2, 0) is 0 Å². The number of hydrogen-bond acceptors (Lipinski definition) is 3. The molecule has 70 valence electrons. The predicted octanol–water partition coefficient (Wildman–Crippen LogP) is 1.07. The van der Waals surface area contributed by atoms with Crippen LogP contribution in [0.2, 0.25) is 0 Å². The SMILES string of the molecule is C[C@@H](N)Oc1cccc(C(=O)O)c1. The molecule has 4 heteroatoms. The van der Waals surface area contributed by atoms with Crippen LogP contribution in [0.25, 0.3) is 0 Å². The summed E-state index contributed by atoms with van der Waals surface area (Å²) in [5, 5.41) is 8.66. The van der Waals surface area contributed by atoms with Crippen LogP contribution in [0.1, 0.15) is 17.3 Å². The molecule has 0 saturated heterocycles. The summed E-state index contributed by atoms with van der Waals surface area (Å²) < 4.78 is 5.12. The van der Waals surface area contributed by atoms with Crippen molar-refractivity contribution in [3.8, 4) is 5.75 Å². The molecule has 0 spiro atoms. The van der Waals surface area contributed by atoms with Crippen LogP contribution >= 0.6 is 0 Å². The minimum atomic E-state index is -0.977. The van der Waals surface area contributed by atoms with E-state index in [4.69, 9.17) is 15.6 Å². The zero-order valence-corrected chi connectivity index (χ0v) is 7.23.